The van der Waals surface area contributed by atoms with E-state index in [9.17, 15) is 14.5 Å². The molecule has 0 aromatic heterocycles. The van der Waals surface area contributed by atoms with Gasteiger partial charge in [0.25, 0.3) is 5.69 Å². The molecule has 0 aliphatic carbocycles. The van der Waals surface area contributed by atoms with Gasteiger partial charge in [-0.15, -0.1) is 0 Å². The van der Waals surface area contributed by atoms with Crippen LogP contribution in [0.25, 0.3) is 0 Å². The summed E-state index contributed by atoms with van der Waals surface area (Å²) in [4.78, 5) is 10.1. The van der Waals surface area contributed by atoms with E-state index >= 15 is 0 Å². The highest BCUT2D eigenvalue weighted by Gasteiger charge is 2.12. The zero-order valence-corrected chi connectivity index (χ0v) is 11.2. The third-order valence-electron chi connectivity index (χ3n) is 2.99. The molecule has 0 radical (unpaired) electrons. The van der Waals surface area contributed by atoms with Crippen LogP contribution in [-0.4, -0.2) is 4.92 Å². The van der Waals surface area contributed by atoms with Crippen molar-refractivity contribution in [3.8, 4) is 6.07 Å². The fraction of sp³-hybridized carbons (Fsp3) is 0.133. The van der Waals surface area contributed by atoms with Gasteiger partial charge in [0.05, 0.1) is 22.6 Å². The highest BCUT2D eigenvalue weighted by molar-refractivity contribution is 5.53. The van der Waals surface area contributed by atoms with E-state index in [4.69, 9.17) is 5.26 Å². The average molecular weight is 285 g/mol. The smallest absolute Gasteiger partial charge is 0.274 e. The zero-order valence-electron chi connectivity index (χ0n) is 11.2. The molecule has 0 amide bonds. The molecule has 1 N–H and O–H groups in total. The summed E-state index contributed by atoms with van der Waals surface area (Å²) in [6, 6.07) is 12.1. The SMILES string of the molecule is CC(Nc1cc(F)cc([N+](=O)[O-])c1)c1cccc(C#N)c1. The topological polar surface area (TPSA) is 79.0 Å². The van der Waals surface area contributed by atoms with E-state index in [1.165, 1.54) is 12.1 Å². The molecular weight excluding hydrogens is 273 g/mol. The van der Waals surface area contributed by atoms with Crippen molar-refractivity contribution in [2.45, 2.75) is 13.0 Å². The maximum Gasteiger partial charge on any atom is 0.274 e. The van der Waals surface area contributed by atoms with Crippen LogP contribution >= 0.6 is 0 Å². The van der Waals surface area contributed by atoms with Gasteiger partial charge in [0.15, 0.2) is 0 Å². The van der Waals surface area contributed by atoms with Crippen molar-refractivity contribution in [2.75, 3.05) is 5.32 Å². The first-order chi connectivity index (χ1) is 9.99. The standard InChI is InChI=1S/C15H12FN3O2/c1-10(12-4-2-3-11(5-12)9-17)18-14-6-13(16)7-15(8-14)19(20)21/h2-8,10,18H,1H3. The molecule has 1 atom stereocenters. The van der Waals surface area contributed by atoms with Crippen LogP contribution in [0.2, 0.25) is 0 Å². The molecule has 0 aliphatic heterocycles. The molecule has 0 saturated carbocycles. The molecule has 2 aromatic carbocycles. The van der Waals surface area contributed by atoms with E-state index < -0.39 is 10.7 Å². The number of nitro benzene ring substituents is 1. The van der Waals surface area contributed by atoms with E-state index in [1.54, 1.807) is 18.2 Å². The van der Waals surface area contributed by atoms with Gasteiger partial charge in [-0.3, -0.25) is 10.1 Å². The maximum atomic E-state index is 13.4. The molecule has 6 heteroatoms. The van der Waals surface area contributed by atoms with Gasteiger partial charge in [-0.25, -0.2) is 4.39 Å². The van der Waals surface area contributed by atoms with Crippen LogP contribution in [0.4, 0.5) is 15.8 Å². The minimum atomic E-state index is -0.676. The summed E-state index contributed by atoms with van der Waals surface area (Å²) >= 11 is 0. The lowest BCUT2D eigenvalue weighted by Gasteiger charge is -2.16. The van der Waals surface area contributed by atoms with Gasteiger partial charge in [-0.05, 0) is 30.7 Å². The number of nitrogens with one attached hydrogen (secondary N) is 1. The Kier molecular flexibility index (Phi) is 4.14. The molecule has 2 rings (SSSR count). The Labute approximate surface area is 120 Å². The first-order valence-electron chi connectivity index (χ1n) is 6.21. The van der Waals surface area contributed by atoms with Crippen molar-refractivity contribution in [1.29, 1.82) is 5.26 Å². The number of benzene rings is 2. The fourth-order valence-electron chi connectivity index (χ4n) is 1.97. The molecule has 106 valence electrons. The number of rotatable bonds is 4. The first-order valence-corrected chi connectivity index (χ1v) is 6.21. The molecule has 0 spiro atoms. The Balaban J connectivity index is 2.25. The Bertz CT molecular complexity index is 725. The monoisotopic (exact) mass is 285 g/mol. The predicted molar refractivity (Wildman–Crippen MR) is 76.2 cm³/mol. The summed E-state index contributed by atoms with van der Waals surface area (Å²) in [6.45, 7) is 1.83. The van der Waals surface area contributed by atoms with E-state index in [0.29, 0.717) is 11.3 Å². The van der Waals surface area contributed by atoms with Crippen molar-refractivity contribution in [3.63, 3.8) is 0 Å². The van der Waals surface area contributed by atoms with Gasteiger partial charge in [0.1, 0.15) is 5.82 Å². The normalized spacial score (nSPS) is 11.5. The Morgan fingerprint density at radius 3 is 2.76 bits per heavy atom. The fourth-order valence-corrected chi connectivity index (χ4v) is 1.97. The van der Waals surface area contributed by atoms with Gasteiger partial charge in [0.2, 0.25) is 0 Å². The van der Waals surface area contributed by atoms with Gasteiger partial charge < -0.3 is 5.32 Å². The summed E-state index contributed by atoms with van der Waals surface area (Å²) in [6.07, 6.45) is 0. The second-order valence-corrected chi connectivity index (χ2v) is 4.56. The van der Waals surface area contributed by atoms with Crippen LogP contribution in [0.15, 0.2) is 42.5 Å². The van der Waals surface area contributed by atoms with Crippen molar-refractivity contribution in [2.24, 2.45) is 0 Å². The maximum absolute atomic E-state index is 13.4. The average Bonchev–Trinajstić information content (AvgIpc) is 2.46. The number of hydrogen-bond donors (Lipinski definition) is 1. The molecule has 0 fully saturated rings. The largest absolute Gasteiger partial charge is 0.378 e. The zero-order chi connectivity index (χ0) is 15.4. The molecule has 2 aromatic rings. The highest BCUT2D eigenvalue weighted by Crippen LogP contribution is 2.24. The van der Waals surface area contributed by atoms with Gasteiger partial charge >= 0.3 is 0 Å². The van der Waals surface area contributed by atoms with Crippen molar-refractivity contribution in [3.05, 3.63) is 69.5 Å². The van der Waals surface area contributed by atoms with Crippen LogP contribution in [-0.2, 0) is 0 Å². The lowest BCUT2D eigenvalue weighted by Crippen LogP contribution is -2.07. The number of anilines is 1. The number of non-ortho nitro benzene ring substituents is 1. The van der Waals surface area contributed by atoms with E-state index in [0.717, 1.165) is 11.6 Å². The van der Waals surface area contributed by atoms with Crippen LogP contribution in [0.1, 0.15) is 24.1 Å². The van der Waals surface area contributed by atoms with E-state index in [2.05, 4.69) is 5.32 Å². The number of nitriles is 1. The summed E-state index contributed by atoms with van der Waals surface area (Å²) in [5.41, 5.74) is 1.36. The summed E-state index contributed by atoms with van der Waals surface area (Å²) < 4.78 is 13.4. The van der Waals surface area contributed by atoms with Crippen LogP contribution in [0.5, 0.6) is 0 Å². The molecule has 0 aliphatic rings. The van der Waals surface area contributed by atoms with Crippen LogP contribution in [0.3, 0.4) is 0 Å². The molecule has 0 heterocycles. The summed E-state index contributed by atoms with van der Waals surface area (Å²) in [7, 11) is 0. The molecular formula is C15H12FN3O2. The van der Waals surface area contributed by atoms with Gasteiger partial charge in [-0.1, -0.05) is 12.1 Å². The van der Waals surface area contributed by atoms with Gasteiger partial charge in [0, 0.05) is 17.8 Å². The number of hydrogen-bond acceptors (Lipinski definition) is 4. The Hall–Kier alpha value is -2.94. The Morgan fingerprint density at radius 1 is 1.33 bits per heavy atom. The van der Waals surface area contributed by atoms with Gasteiger partial charge in [-0.2, -0.15) is 5.26 Å². The van der Waals surface area contributed by atoms with Crippen molar-refractivity contribution >= 4 is 11.4 Å². The molecule has 0 saturated heterocycles. The van der Waals surface area contributed by atoms with Crippen LogP contribution < -0.4 is 5.32 Å². The first kappa shape index (κ1) is 14.5. The third-order valence-corrected chi connectivity index (χ3v) is 2.99. The molecule has 21 heavy (non-hydrogen) atoms. The number of nitro groups is 1. The molecule has 1 unspecified atom stereocenters. The minimum Gasteiger partial charge on any atom is -0.378 e. The third kappa shape index (κ3) is 3.54. The Morgan fingerprint density at radius 2 is 2.10 bits per heavy atom. The molecule has 5 nitrogen and oxygen atoms in total. The lowest BCUT2D eigenvalue weighted by molar-refractivity contribution is -0.385. The van der Waals surface area contributed by atoms with Crippen molar-refractivity contribution < 1.29 is 9.31 Å². The van der Waals surface area contributed by atoms with E-state index in [1.807, 2.05) is 19.1 Å². The highest BCUT2D eigenvalue weighted by atomic mass is 19.1. The number of nitrogens with zero attached hydrogens (tertiary/aromatic N) is 2. The second-order valence-electron chi connectivity index (χ2n) is 4.56. The predicted octanol–water partition coefficient (Wildman–Crippen LogP) is 3.78. The van der Waals surface area contributed by atoms with E-state index in [-0.39, 0.29) is 11.7 Å². The quantitative estimate of drug-likeness (QED) is 0.685. The second kappa shape index (κ2) is 6.01. The van der Waals surface area contributed by atoms with Crippen LogP contribution in [0, 0.1) is 27.3 Å². The molecule has 0 bridgehead atoms. The number of halogens is 1. The summed E-state index contributed by atoms with van der Waals surface area (Å²) in [5.74, 6) is -0.676. The van der Waals surface area contributed by atoms with Crippen molar-refractivity contribution in [1.82, 2.24) is 0 Å². The minimum absolute atomic E-state index is 0.222. The summed E-state index contributed by atoms with van der Waals surface area (Å²) in [5, 5.41) is 22.6. The lowest BCUT2D eigenvalue weighted by atomic mass is 10.1.